The van der Waals surface area contributed by atoms with Crippen LogP contribution in [-0.2, 0) is 0 Å². The molecule has 5 aromatic rings. The van der Waals surface area contributed by atoms with Crippen LogP contribution in [0, 0.1) is 0 Å². The number of ether oxygens (including phenoxy) is 3. The number of pyridine rings is 1. The third-order valence-corrected chi connectivity index (χ3v) is 7.46. The van der Waals surface area contributed by atoms with Crippen molar-refractivity contribution in [1.82, 2.24) is 9.88 Å². The molecule has 2 atom stereocenters. The van der Waals surface area contributed by atoms with E-state index in [9.17, 15) is 0 Å². The largest absolute Gasteiger partial charge is 0.483 e. The lowest BCUT2D eigenvalue weighted by Gasteiger charge is -2.22. The second kappa shape index (κ2) is 8.95. The van der Waals surface area contributed by atoms with E-state index in [0.29, 0.717) is 28.7 Å². The van der Waals surface area contributed by atoms with E-state index in [1.807, 2.05) is 66.7 Å². The summed E-state index contributed by atoms with van der Waals surface area (Å²) in [7, 11) is 2.05. The van der Waals surface area contributed by atoms with Crippen LogP contribution in [0.4, 0.5) is 5.69 Å². The number of rotatable bonds is 5. The van der Waals surface area contributed by atoms with Gasteiger partial charge in [-0.2, -0.15) is 0 Å². The molecular weight excluding hydrogens is 502 g/mol. The molecule has 196 valence electrons. The second-order valence-electron chi connectivity index (χ2n) is 10.2. The fraction of sp³-hybridized carbons (Fsp3) is 0.121. The average molecular weight is 528 g/mol. The van der Waals surface area contributed by atoms with Crippen molar-refractivity contribution in [1.29, 1.82) is 0 Å². The summed E-state index contributed by atoms with van der Waals surface area (Å²) in [5.74, 6) is 3.45. The molecule has 0 N–H and O–H groups in total. The van der Waals surface area contributed by atoms with Crippen LogP contribution in [0.15, 0.2) is 114 Å². The number of fused-ring (bicyclic) bond motifs is 6. The summed E-state index contributed by atoms with van der Waals surface area (Å²) < 4.78 is 25.5. The number of benzene rings is 3. The summed E-state index contributed by atoms with van der Waals surface area (Å²) in [5.41, 5.74) is 3.54. The van der Waals surface area contributed by atoms with Crippen LogP contribution in [-0.4, -0.2) is 29.7 Å². The molecule has 2 aromatic heterocycles. The lowest BCUT2D eigenvalue weighted by molar-refractivity contribution is 0.269. The molecule has 2 unspecified atom stereocenters. The van der Waals surface area contributed by atoms with Crippen LogP contribution in [0.25, 0.3) is 21.9 Å². The van der Waals surface area contributed by atoms with Crippen LogP contribution >= 0.6 is 0 Å². The topological polar surface area (TPSA) is 60.2 Å². The highest BCUT2D eigenvalue weighted by Crippen LogP contribution is 2.50. The summed E-state index contributed by atoms with van der Waals surface area (Å²) in [6, 6.07) is 21.5. The fourth-order valence-electron chi connectivity index (χ4n) is 5.65. The van der Waals surface area contributed by atoms with Crippen molar-refractivity contribution in [2.45, 2.75) is 12.0 Å². The average Bonchev–Trinajstić information content (AvgIpc) is 3.68. The molecule has 0 bridgehead atoms. The molecule has 7 heteroatoms. The third-order valence-electron chi connectivity index (χ3n) is 7.46. The molecule has 3 aliphatic rings. The first-order valence-electron chi connectivity index (χ1n) is 13.3. The van der Waals surface area contributed by atoms with Crippen molar-refractivity contribution >= 4 is 27.6 Å². The number of allylic oxidation sites excluding steroid dienone is 2. The van der Waals surface area contributed by atoms with Gasteiger partial charge < -0.3 is 28.4 Å². The molecule has 0 saturated carbocycles. The second-order valence-corrected chi connectivity index (χ2v) is 10.2. The summed E-state index contributed by atoms with van der Waals surface area (Å²) in [4.78, 5) is 8.66. The molecule has 4 heterocycles. The molecule has 0 radical (unpaired) electrons. The molecule has 1 aliphatic carbocycles. The van der Waals surface area contributed by atoms with E-state index in [1.54, 1.807) is 6.20 Å². The standard InChI is InChI=1S/C33H25N3O4/c1-35-14-15-36(20-35)26-17-21(16-25-23-8-2-4-10-27(23)40-33(25)26)37-22-18-29-32(24-9-3-5-11-28(24)38-29)30(19-22)39-31-12-6-7-13-34-31/h2-19,23,27H,20H2,1H3. The molecule has 0 fully saturated rings. The van der Waals surface area contributed by atoms with Gasteiger partial charge >= 0.3 is 0 Å². The van der Waals surface area contributed by atoms with Crippen LogP contribution in [0.3, 0.4) is 0 Å². The molecule has 0 amide bonds. The van der Waals surface area contributed by atoms with Crippen LogP contribution in [0.2, 0.25) is 0 Å². The number of para-hydroxylation sites is 1. The number of furan rings is 1. The van der Waals surface area contributed by atoms with Crippen molar-refractivity contribution in [3.05, 3.63) is 115 Å². The molecule has 0 spiro atoms. The highest BCUT2D eigenvalue weighted by molar-refractivity contribution is 6.08. The highest BCUT2D eigenvalue weighted by Gasteiger charge is 2.36. The zero-order chi connectivity index (χ0) is 26.6. The van der Waals surface area contributed by atoms with Gasteiger partial charge in [0.2, 0.25) is 5.88 Å². The minimum absolute atomic E-state index is 0.0245. The third kappa shape index (κ3) is 3.78. The summed E-state index contributed by atoms with van der Waals surface area (Å²) in [5, 5.41) is 1.85. The number of hydrogen-bond acceptors (Lipinski definition) is 7. The molecule has 40 heavy (non-hydrogen) atoms. The maximum atomic E-state index is 6.57. The first kappa shape index (κ1) is 22.8. The van der Waals surface area contributed by atoms with Crippen molar-refractivity contribution in [3.8, 4) is 28.9 Å². The quantitative estimate of drug-likeness (QED) is 0.232. The number of nitrogens with zero attached hydrogens (tertiary/aromatic N) is 3. The van der Waals surface area contributed by atoms with Gasteiger partial charge in [-0.15, -0.1) is 0 Å². The van der Waals surface area contributed by atoms with Crippen LogP contribution < -0.4 is 19.1 Å². The van der Waals surface area contributed by atoms with E-state index >= 15 is 0 Å². The lowest BCUT2D eigenvalue weighted by Crippen LogP contribution is -2.22. The number of hydrogen-bond donors (Lipinski definition) is 0. The highest BCUT2D eigenvalue weighted by atomic mass is 16.5. The minimum Gasteiger partial charge on any atom is -0.483 e. The van der Waals surface area contributed by atoms with Gasteiger partial charge in [0.25, 0.3) is 0 Å². The minimum atomic E-state index is -0.0245. The fourth-order valence-corrected chi connectivity index (χ4v) is 5.65. The molecule has 2 aliphatic heterocycles. The molecule has 7 nitrogen and oxygen atoms in total. The van der Waals surface area contributed by atoms with Crippen molar-refractivity contribution in [2.24, 2.45) is 0 Å². The number of anilines is 1. The molecular formula is C33H25N3O4. The Bertz CT molecular complexity index is 1860. The van der Waals surface area contributed by atoms with Gasteiger partial charge in [-0.1, -0.05) is 42.5 Å². The van der Waals surface area contributed by atoms with Gasteiger partial charge in [0.05, 0.1) is 17.7 Å². The number of aromatic nitrogens is 1. The predicted molar refractivity (Wildman–Crippen MR) is 154 cm³/mol. The normalized spacial score (nSPS) is 18.8. The van der Waals surface area contributed by atoms with E-state index < -0.39 is 0 Å². The van der Waals surface area contributed by atoms with Gasteiger partial charge in [-0.25, -0.2) is 4.98 Å². The smallest absolute Gasteiger partial charge is 0.219 e. The Labute approximate surface area is 230 Å². The Hall–Kier alpha value is -5.17. The maximum absolute atomic E-state index is 6.57. The Balaban J connectivity index is 1.24. The van der Waals surface area contributed by atoms with Gasteiger partial charge in [0.1, 0.15) is 40.3 Å². The Morgan fingerprint density at radius 2 is 1.75 bits per heavy atom. The van der Waals surface area contributed by atoms with Gasteiger partial charge in [-0.3, -0.25) is 0 Å². The summed E-state index contributed by atoms with van der Waals surface area (Å²) in [6.45, 7) is 0.729. The molecule has 8 rings (SSSR count). The predicted octanol–water partition coefficient (Wildman–Crippen LogP) is 7.72. The summed E-state index contributed by atoms with van der Waals surface area (Å²) >= 11 is 0. The molecule has 3 aromatic carbocycles. The Morgan fingerprint density at radius 3 is 2.62 bits per heavy atom. The van der Waals surface area contributed by atoms with Gasteiger partial charge in [-0.05, 0) is 24.3 Å². The van der Waals surface area contributed by atoms with Crippen molar-refractivity contribution in [2.75, 3.05) is 18.6 Å². The van der Waals surface area contributed by atoms with Gasteiger partial charge in [0.15, 0.2) is 0 Å². The van der Waals surface area contributed by atoms with Crippen LogP contribution in [0.5, 0.6) is 28.9 Å². The summed E-state index contributed by atoms with van der Waals surface area (Å²) in [6.07, 6.45) is 14.2. The van der Waals surface area contributed by atoms with E-state index in [4.69, 9.17) is 18.6 Å². The van der Waals surface area contributed by atoms with E-state index in [1.165, 1.54) is 0 Å². The molecule has 0 saturated heterocycles. The van der Waals surface area contributed by atoms with E-state index in [2.05, 4.69) is 58.5 Å². The lowest BCUT2D eigenvalue weighted by atomic mass is 9.91. The van der Waals surface area contributed by atoms with E-state index in [0.717, 1.165) is 40.0 Å². The monoisotopic (exact) mass is 527 g/mol. The van der Waals surface area contributed by atoms with E-state index in [-0.39, 0.29) is 12.0 Å². The van der Waals surface area contributed by atoms with Crippen LogP contribution in [0.1, 0.15) is 11.5 Å². The first-order chi connectivity index (χ1) is 19.7. The zero-order valence-electron chi connectivity index (χ0n) is 21.7. The maximum Gasteiger partial charge on any atom is 0.219 e. The van der Waals surface area contributed by atoms with Crippen molar-refractivity contribution in [3.63, 3.8) is 0 Å². The Morgan fingerprint density at radius 1 is 0.875 bits per heavy atom. The van der Waals surface area contributed by atoms with Crippen molar-refractivity contribution < 1.29 is 18.6 Å². The first-order valence-corrected chi connectivity index (χ1v) is 13.3. The Kier molecular flexibility index (Phi) is 5.10. The zero-order valence-corrected chi connectivity index (χ0v) is 21.7. The SMILES string of the molecule is CN1C=CN(c2cc(Oc3cc(Oc4ccccn4)c4c(c3)oc3ccccc34)cc3c2OC2C=CC=CC32)C1. The van der Waals surface area contributed by atoms with Gasteiger partial charge in [0, 0.05) is 66.8 Å².